The first-order chi connectivity index (χ1) is 10.3. The number of fused-ring (bicyclic) bond motifs is 1. The molecular formula is C17H21N3O. The molecule has 3 rings (SSSR count). The molecule has 0 fully saturated rings. The lowest BCUT2D eigenvalue weighted by molar-refractivity contribution is -0.121. The van der Waals surface area contributed by atoms with Crippen LogP contribution in [0.4, 0.5) is 0 Å². The van der Waals surface area contributed by atoms with Crippen molar-refractivity contribution in [2.75, 3.05) is 19.6 Å². The number of para-hydroxylation sites is 1. The number of nitrogens with zero attached hydrogens (tertiary/aromatic N) is 1. The molecule has 0 bridgehead atoms. The Morgan fingerprint density at radius 2 is 2.24 bits per heavy atom. The lowest BCUT2D eigenvalue weighted by Gasteiger charge is -2.13. The van der Waals surface area contributed by atoms with Crippen LogP contribution in [0.1, 0.15) is 18.9 Å². The standard InChI is InChI=1S/C17H21N3O/c1-2-19-17(21)12-20-11-15(13-7-9-18-10-8-13)14-5-3-4-6-16(14)20/h3-7,11,18H,2,8-10,12H2,1H3,(H,19,21). The number of hydrogen-bond donors (Lipinski definition) is 2. The molecule has 21 heavy (non-hydrogen) atoms. The van der Waals surface area contributed by atoms with Gasteiger partial charge in [0.2, 0.25) is 5.91 Å². The van der Waals surface area contributed by atoms with Gasteiger partial charge in [0.1, 0.15) is 6.54 Å². The SMILES string of the molecule is CCNC(=O)Cn1cc(C2=CCNCC2)c2ccccc21. The van der Waals surface area contributed by atoms with Crippen LogP contribution >= 0.6 is 0 Å². The first-order valence-electron chi connectivity index (χ1n) is 7.54. The first kappa shape index (κ1) is 13.9. The number of rotatable bonds is 4. The van der Waals surface area contributed by atoms with E-state index in [1.165, 1.54) is 16.5 Å². The molecule has 2 aromatic rings. The van der Waals surface area contributed by atoms with Crippen molar-refractivity contribution in [3.63, 3.8) is 0 Å². The van der Waals surface area contributed by atoms with E-state index in [9.17, 15) is 4.79 Å². The molecule has 4 heteroatoms. The Bertz CT molecular complexity index is 684. The minimum Gasteiger partial charge on any atom is -0.355 e. The summed E-state index contributed by atoms with van der Waals surface area (Å²) in [6, 6.07) is 8.31. The van der Waals surface area contributed by atoms with Gasteiger partial charge in [-0.25, -0.2) is 0 Å². The summed E-state index contributed by atoms with van der Waals surface area (Å²) in [5.41, 5.74) is 3.76. The minimum absolute atomic E-state index is 0.0593. The maximum atomic E-state index is 11.9. The average Bonchev–Trinajstić information content (AvgIpc) is 2.87. The molecule has 1 aromatic carbocycles. The van der Waals surface area contributed by atoms with Crippen LogP contribution in [0.25, 0.3) is 16.5 Å². The van der Waals surface area contributed by atoms with Crippen LogP contribution in [0.3, 0.4) is 0 Å². The smallest absolute Gasteiger partial charge is 0.239 e. The van der Waals surface area contributed by atoms with E-state index >= 15 is 0 Å². The van der Waals surface area contributed by atoms with Gasteiger partial charge in [0.25, 0.3) is 0 Å². The van der Waals surface area contributed by atoms with Crippen LogP contribution in [0, 0.1) is 0 Å². The zero-order valence-electron chi connectivity index (χ0n) is 12.4. The topological polar surface area (TPSA) is 46.1 Å². The largest absolute Gasteiger partial charge is 0.355 e. The number of amides is 1. The summed E-state index contributed by atoms with van der Waals surface area (Å²) in [7, 11) is 0. The quantitative estimate of drug-likeness (QED) is 0.903. The van der Waals surface area contributed by atoms with E-state index in [0.29, 0.717) is 13.1 Å². The maximum Gasteiger partial charge on any atom is 0.239 e. The number of likely N-dealkylation sites (N-methyl/N-ethyl adjacent to an activating group) is 1. The highest BCUT2D eigenvalue weighted by atomic mass is 16.1. The molecule has 1 amide bonds. The molecule has 0 spiro atoms. The summed E-state index contributed by atoms with van der Waals surface area (Å²) in [6.07, 6.45) is 5.41. The van der Waals surface area contributed by atoms with Gasteiger partial charge in [-0.1, -0.05) is 24.3 Å². The molecule has 0 saturated heterocycles. The summed E-state index contributed by atoms with van der Waals surface area (Å²) in [6.45, 7) is 4.92. The second kappa shape index (κ2) is 6.14. The van der Waals surface area contributed by atoms with Gasteiger partial charge in [-0.05, 0) is 31.5 Å². The molecule has 110 valence electrons. The third-order valence-electron chi connectivity index (χ3n) is 3.89. The fourth-order valence-electron chi connectivity index (χ4n) is 2.91. The normalized spacial score (nSPS) is 15.0. The van der Waals surface area contributed by atoms with Crippen LogP contribution in [0.2, 0.25) is 0 Å². The molecular weight excluding hydrogens is 262 g/mol. The third kappa shape index (κ3) is 2.85. The second-order valence-corrected chi connectivity index (χ2v) is 5.32. The van der Waals surface area contributed by atoms with E-state index in [1.54, 1.807) is 0 Å². The Balaban J connectivity index is 2.01. The third-order valence-corrected chi connectivity index (χ3v) is 3.89. The van der Waals surface area contributed by atoms with Gasteiger partial charge in [0.15, 0.2) is 0 Å². The van der Waals surface area contributed by atoms with Crippen molar-refractivity contribution in [3.8, 4) is 0 Å². The van der Waals surface area contributed by atoms with Crippen molar-refractivity contribution in [1.82, 2.24) is 15.2 Å². The number of nitrogens with one attached hydrogen (secondary N) is 2. The number of carbonyl (C=O) groups excluding carboxylic acids is 1. The number of carbonyl (C=O) groups is 1. The molecule has 2 N–H and O–H groups in total. The summed E-state index contributed by atoms with van der Waals surface area (Å²) < 4.78 is 2.05. The van der Waals surface area contributed by atoms with E-state index in [1.807, 2.05) is 13.0 Å². The molecule has 1 aromatic heterocycles. The summed E-state index contributed by atoms with van der Waals surface area (Å²) in [4.78, 5) is 11.9. The molecule has 4 nitrogen and oxygen atoms in total. The Kier molecular flexibility index (Phi) is 4.06. The molecule has 1 aliphatic rings. The van der Waals surface area contributed by atoms with Crippen molar-refractivity contribution in [1.29, 1.82) is 0 Å². The van der Waals surface area contributed by atoms with E-state index in [-0.39, 0.29) is 5.91 Å². The lowest BCUT2D eigenvalue weighted by Crippen LogP contribution is -2.26. The highest BCUT2D eigenvalue weighted by molar-refractivity contribution is 5.94. The monoisotopic (exact) mass is 283 g/mol. The fraction of sp³-hybridized carbons (Fsp3) is 0.353. The van der Waals surface area contributed by atoms with E-state index in [2.05, 4.69) is 45.7 Å². The minimum atomic E-state index is 0.0593. The predicted molar refractivity (Wildman–Crippen MR) is 86.1 cm³/mol. The predicted octanol–water partition coefficient (Wildman–Crippen LogP) is 2.15. The van der Waals surface area contributed by atoms with Crippen molar-refractivity contribution in [3.05, 3.63) is 42.1 Å². The Hall–Kier alpha value is -2.07. The van der Waals surface area contributed by atoms with E-state index in [0.717, 1.165) is 25.0 Å². The average molecular weight is 283 g/mol. The molecule has 1 aliphatic heterocycles. The molecule has 0 aliphatic carbocycles. The van der Waals surface area contributed by atoms with Crippen LogP contribution in [-0.2, 0) is 11.3 Å². The molecule has 0 saturated carbocycles. The number of benzene rings is 1. The summed E-state index contributed by atoms with van der Waals surface area (Å²) in [5, 5.41) is 7.44. The zero-order valence-corrected chi connectivity index (χ0v) is 12.4. The van der Waals surface area contributed by atoms with Crippen molar-refractivity contribution in [2.45, 2.75) is 19.9 Å². The Labute approximate surface area is 124 Å². The highest BCUT2D eigenvalue weighted by Gasteiger charge is 2.14. The van der Waals surface area contributed by atoms with E-state index in [4.69, 9.17) is 0 Å². The maximum absolute atomic E-state index is 11.9. The molecule has 2 heterocycles. The Morgan fingerprint density at radius 1 is 1.38 bits per heavy atom. The first-order valence-corrected chi connectivity index (χ1v) is 7.54. The second-order valence-electron chi connectivity index (χ2n) is 5.32. The molecule has 0 radical (unpaired) electrons. The fourth-order valence-corrected chi connectivity index (χ4v) is 2.91. The van der Waals surface area contributed by atoms with Gasteiger partial charge in [0.05, 0.1) is 0 Å². The van der Waals surface area contributed by atoms with Crippen molar-refractivity contribution < 1.29 is 4.79 Å². The lowest BCUT2D eigenvalue weighted by atomic mass is 10.00. The van der Waals surface area contributed by atoms with Crippen LogP contribution < -0.4 is 10.6 Å². The van der Waals surface area contributed by atoms with Gasteiger partial charge in [-0.3, -0.25) is 4.79 Å². The number of hydrogen-bond acceptors (Lipinski definition) is 2. The van der Waals surface area contributed by atoms with Gasteiger partial charge >= 0.3 is 0 Å². The van der Waals surface area contributed by atoms with Gasteiger partial charge < -0.3 is 15.2 Å². The summed E-state index contributed by atoms with van der Waals surface area (Å²) >= 11 is 0. The van der Waals surface area contributed by atoms with Crippen molar-refractivity contribution >= 4 is 22.4 Å². The van der Waals surface area contributed by atoms with Crippen molar-refractivity contribution in [2.24, 2.45) is 0 Å². The van der Waals surface area contributed by atoms with Crippen LogP contribution in [0.5, 0.6) is 0 Å². The highest BCUT2D eigenvalue weighted by Crippen LogP contribution is 2.29. The van der Waals surface area contributed by atoms with E-state index < -0.39 is 0 Å². The Morgan fingerprint density at radius 3 is 3.00 bits per heavy atom. The number of aromatic nitrogens is 1. The zero-order chi connectivity index (χ0) is 14.7. The van der Waals surface area contributed by atoms with Crippen LogP contribution in [-0.4, -0.2) is 30.1 Å². The van der Waals surface area contributed by atoms with Gasteiger partial charge in [0, 0.05) is 35.8 Å². The van der Waals surface area contributed by atoms with Gasteiger partial charge in [-0.15, -0.1) is 0 Å². The van der Waals surface area contributed by atoms with Gasteiger partial charge in [-0.2, -0.15) is 0 Å². The van der Waals surface area contributed by atoms with Crippen LogP contribution in [0.15, 0.2) is 36.5 Å². The molecule has 0 atom stereocenters. The molecule has 0 unspecified atom stereocenters. The summed E-state index contributed by atoms with van der Waals surface area (Å²) in [5.74, 6) is 0.0593.